The van der Waals surface area contributed by atoms with Crippen molar-refractivity contribution in [1.29, 1.82) is 0 Å². The van der Waals surface area contributed by atoms with Crippen LogP contribution in [0.5, 0.6) is 0 Å². The molecule has 92 valence electrons. The highest BCUT2D eigenvalue weighted by Crippen LogP contribution is 2.31. The van der Waals surface area contributed by atoms with Crippen molar-refractivity contribution in [3.63, 3.8) is 0 Å². The maximum Gasteiger partial charge on any atom is 0.339 e. The summed E-state index contributed by atoms with van der Waals surface area (Å²) in [5.74, 6) is -1.06. The normalized spacial score (nSPS) is 10.2. The van der Waals surface area contributed by atoms with Crippen LogP contribution in [0.1, 0.15) is 10.4 Å². The van der Waals surface area contributed by atoms with Crippen molar-refractivity contribution in [3.8, 4) is 11.1 Å². The van der Waals surface area contributed by atoms with Crippen molar-refractivity contribution in [2.75, 3.05) is 7.11 Å². The highest BCUT2D eigenvalue weighted by Gasteiger charge is 2.19. The van der Waals surface area contributed by atoms with Crippen LogP contribution in [0.3, 0.4) is 0 Å². The minimum absolute atomic E-state index is 0.121. The molecule has 0 aliphatic rings. The van der Waals surface area contributed by atoms with E-state index in [2.05, 4.69) is 15.9 Å². The van der Waals surface area contributed by atoms with E-state index in [4.69, 9.17) is 4.74 Å². The van der Waals surface area contributed by atoms with E-state index in [0.29, 0.717) is 5.56 Å². The fourth-order valence-corrected chi connectivity index (χ4v) is 2.22. The van der Waals surface area contributed by atoms with Crippen molar-refractivity contribution in [2.24, 2.45) is 0 Å². The second-order valence-electron chi connectivity index (χ2n) is 3.64. The van der Waals surface area contributed by atoms with Crippen LogP contribution in [-0.4, -0.2) is 13.1 Å². The van der Waals surface area contributed by atoms with Crippen LogP contribution in [0.4, 0.5) is 4.39 Å². The summed E-state index contributed by atoms with van der Waals surface area (Å²) in [4.78, 5) is 11.8. The maximum absolute atomic E-state index is 13.5. The van der Waals surface area contributed by atoms with Gasteiger partial charge in [0, 0.05) is 0 Å². The Bertz CT molecular complexity index is 582. The molecule has 2 aromatic rings. The number of esters is 1. The lowest BCUT2D eigenvalue weighted by Gasteiger charge is -2.10. The van der Waals surface area contributed by atoms with Gasteiger partial charge in [-0.05, 0) is 33.1 Å². The van der Waals surface area contributed by atoms with E-state index in [1.165, 1.54) is 13.2 Å². The Hall–Kier alpha value is -1.68. The van der Waals surface area contributed by atoms with Crippen LogP contribution >= 0.6 is 15.9 Å². The number of hydrogen-bond acceptors (Lipinski definition) is 2. The van der Waals surface area contributed by atoms with Crippen molar-refractivity contribution < 1.29 is 13.9 Å². The smallest absolute Gasteiger partial charge is 0.339 e. The minimum Gasteiger partial charge on any atom is -0.465 e. The third-order valence-corrected chi connectivity index (χ3v) is 3.34. The van der Waals surface area contributed by atoms with Gasteiger partial charge in [-0.2, -0.15) is 0 Å². The Labute approximate surface area is 113 Å². The summed E-state index contributed by atoms with van der Waals surface area (Å²) in [6.07, 6.45) is 0. The molecule has 0 fully saturated rings. The monoisotopic (exact) mass is 308 g/mol. The molecule has 0 saturated carbocycles. The number of carbonyl (C=O) groups excluding carboxylic acids is 1. The molecular formula is C14H10BrFO2. The Kier molecular flexibility index (Phi) is 3.77. The highest BCUT2D eigenvalue weighted by molar-refractivity contribution is 9.10. The standard InChI is InChI=1S/C14H10BrFO2/c1-18-14(17)12-10(7-8-11(16)13(12)15)9-5-3-2-4-6-9/h2-8H,1H3. The van der Waals surface area contributed by atoms with E-state index in [0.717, 1.165) is 5.56 Å². The molecule has 0 bridgehead atoms. The van der Waals surface area contributed by atoms with Gasteiger partial charge in [-0.3, -0.25) is 0 Å². The molecule has 0 radical (unpaired) electrons. The molecule has 2 nitrogen and oxygen atoms in total. The van der Waals surface area contributed by atoms with Crippen LogP contribution in [-0.2, 0) is 4.74 Å². The molecule has 0 atom stereocenters. The van der Waals surface area contributed by atoms with E-state index in [1.807, 2.05) is 30.3 Å². The largest absolute Gasteiger partial charge is 0.465 e. The van der Waals surface area contributed by atoms with E-state index in [9.17, 15) is 9.18 Å². The topological polar surface area (TPSA) is 26.3 Å². The summed E-state index contributed by atoms with van der Waals surface area (Å²) in [6.45, 7) is 0. The fraction of sp³-hybridized carbons (Fsp3) is 0.0714. The summed E-state index contributed by atoms with van der Waals surface area (Å²) >= 11 is 3.09. The molecule has 2 rings (SSSR count). The zero-order chi connectivity index (χ0) is 13.1. The zero-order valence-electron chi connectivity index (χ0n) is 9.61. The summed E-state index contributed by atoms with van der Waals surface area (Å²) < 4.78 is 18.3. The Morgan fingerprint density at radius 1 is 1.17 bits per heavy atom. The third-order valence-electron chi connectivity index (χ3n) is 2.57. The molecule has 0 aliphatic carbocycles. The zero-order valence-corrected chi connectivity index (χ0v) is 11.2. The van der Waals surface area contributed by atoms with Gasteiger partial charge in [-0.1, -0.05) is 36.4 Å². The number of methoxy groups -OCH3 is 1. The van der Waals surface area contributed by atoms with Gasteiger partial charge in [0.1, 0.15) is 5.82 Å². The average molecular weight is 309 g/mol. The van der Waals surface area contributed by atoms with E-state index >= 15 is 0 Å². The first-order chi connectivity index (χ1) is 8.65. The first-order valence-electron chi connectivity index (χ1n) is 5.27. The van der Waals surface area contributed by atoms with Crippen molar-refractivity contribution in [1.82, 2.24) is 0 Å². The van der Waals surface area contributed by atoms with Gasteiger partial charge in [-0.15, -0.1) is 0 Å². The van der Waals surface area contributed by atoms with Gasteiger partial charge < -0.3 is 4.74 Å². The Balaban J connectivity index is 2.68. The lowest BCUT2D eigenvalue weighted by atomic mass is 9.99. The number of halogens is 2. The molecule has 0 aromatic heterocycles. The van der Waals surface area contributed by atoms with Crippen LogP contribution in [0.25, 0.3) is 11.1 Å². The predicted octanol–water partition coefficient (Wildman–Crippen LogP) is 4.04. The maximum atomic E-state index is 13.5. The van der Waals surface area contributed by atoms with Crippen molar-refractivity contribution >= 4 is 21.9 Å². The van der Waals surface area contributed by atoms with Gasteiger partial charge in [-0.25, -0.2) is 9.18 Å². The van der Waals surface area contributed by atoms with Crippen LogP contribution in [0, 0.1) is 5.82 Å². The fourth-order valence-electron chi connectivity index (χ4n) is 1.71. The van der Waals surface area contributed by atoms with Crippen LogP contribution in [0.15, 0.2) is 46.9 Å². The quantitative estimate of drug-likeness (QED) is 0.783. The lowest BCUT2D eigenvalue weighted by Crippen LogP contribution is -2.06. The predicted molar refractivity (Wildman–Crippen MR) is 70.9 cm³/mol. The van der Waals surface area contributed by atoms with Crippen molar-refractivity contribution in [2.45, 2.75) is 0 Å². The summed E-state index contributed by atoms with van der Waals surface area (Å²) in [5.41, 5.74) is 1.66. The summed E-state index contributed by atoms with van der Waals surface area (Å²) in [7, 11) is 1.27. The molecular weight excluding hydrogens is 299 g/mol. The molecule has 0 aliphatic heterocycles. The van der Waals surface area contributed by atoms with Crippen LogP contribution < -0.4 is 0 Å². The van der Waals surface area contributed by atoms with Gasteiger partial charge in [0.2, 0.25) is 0 Å². The second kappa shape index (κ2) is 5.31. The van der Waals surface area contributed by atoms with Gasteiger partial charge in [0.15, 0.2) is 0 Å². The number of benzene rings is 2. The molecule has 0 spiro atoms. The van der Waals surface area contributed by atoms with Gasteiger partial charge >= 0.3 is 5.97 Å². The molecule has 0 heterocycles. The molecule has 18 heavy (non-hydrogen) atoms. The Morgan fingerprint density at radius 2 is 1.83 bits per heavy atom. The SMILES string of the molecule is COC(=O)c1c(-c2ccccc2)ccc(F)c1Br. The average Bonchev–Trinajstić information content (AvgIpc) is 2.42. The number of rotatable bonds is 2. The van der Waals surface area contributed by atoms with E-state index in [-0.39, 0.29) is 10.0 Å². The van der Waals surface area contributed by atoms with Crippen LogP contribution in [0.2, 0.25) is 0 Å². The van der Waals surface area contributed by atoms with Gasteiger partial charge in [0.25, 0.3) is 0 Å². The first-order valence-corrected chi connectivity index (χ1v) is 6.06. The molecule has 0 unspecified atom stereocenters. The minimum atomic E-state index is -0.569. The van der Waals surface area contributed by atoms with Gasteiger partial charge in [0.05, 0.1) is 17.1 Å². The number of ether oxygens (including phenoxy) is 1. The first kappa shape index (κ1) is 12.8. The molecule has 0 N–H and O–H groups in total. The van der Waals surface area contributed by atoms with Crippen molar-refractivity contribution in [3.05, 3.63) is 58.3 Å². The number of hydrogen-bond donors (Lipinski definition) is 0. The molecule has 2 aromatic carbocycles. The van der Waals surface area contributed by atoms with E-state index < -0.39 is 11.8 Å². The summed E-state index contributed by atoms with van der Waals surface area (Å²) in [5, 5.41) is 0. The molecule has 0 amide bonds. The second-order valence-corrected chi connectivity index (χ2v) is 4.43. The lowest BCUT2D eigenvalue weighted by molar-refractivity contribution is 0.0600. The number of carbonyl (C=O) groups is 1. The summed E-state index contributed by atoms with van der Waals surface area (Å²) in [6, 6.07) is 12.2. The highest BCUT2D eigenvalue weighted by atomic mass is 79.9. The molecule has 4 heteroatoms. The third kappa shape index (κ3) is 2.29. The Morgan fingerprint density at radius 3 is 2.44 bits per heavy atom. The van der Waals surface area contributed by atoms with E-state index in [1.54, 1.807) is 6.07 Å². The molecule has 0 saturated heterocycles.